The van der Waals surface area contributed by atoms with Gasteiger partial charge in [0.25, 0.3) is 5.91 Å². The number of carbonyl (C=O) groups is 1. The first kappa shape index (κ1) is 24.1. The number of nitrogens with one attached hydrogen (secondary N) is 2. The number of benzene rings is 3. The van der Waals surface area contributed by atoms with E-state index in [1.165, 1.54) is 11.1 Å². The molecule has 2 aliphatic rings. The Hall–Kier alpha value is -3.58. The SMILES string of the molecule is CCOc1cccc2c1O[C@]1(C)CC2NC(=S)N1c1cccc(C(=O)NCCc2ccc(C)cc2)c1. The Labute approximate surface area is 217 Å². The molecule has 0 saturated carbocycles. The zero-order valence-corrected chi connectivity index (χ0v) is 21.7. The molecule has 1 fully saturated rings. The van der Waals surface area contributed by atoms with Gasteiger partial charge in [-0.25, -0.2) is 0 Å². The fourth-order valence-corrected chi connectivity index (χ4v) is 5.42. The quantitative estimate of drug-likeness (QED) is 0.429. The van der Waals surface area contributed by atoms with E-state index in [9.17, 15) is 4.79 Å². The van der Waals surface area contributed by atoms with Gasteiger partial charge in [0.15, 0.2) is 22.3 Å². The summed E-state index contributed by atoms with van der Waals surface area (Å²) in [6.07, 6.45) is 1.48. The number of fused-ring (bicyclic) bond motifs is 4. The first-order valence-electron chi connectivity index (χ1n) is 12.4. The molecule has 2 heterocycles. The van der Waals surface area contributed by atoms with Gasteiger partial charge in [-0.3, -0.25) is 9.69 Å². The summed E-state index contributed by atoms with van der Waals surface area (Å²) in [5.41, 5.74) is 4.12. The van der Waals surface area contributed by atoms with Crippen molar-refractivity contribution in [3.8, 4) is 11.5 Å². The number of thiocarbonyl (C=S) groups is 1. The van der Waals surface area contributed by atoms with E-state index in [0.29, 0.717) is 30.2 Å². The van der Waals surface area contributed by atoms with E-state index in [0.717, 1.165) is 29.2 Å². The van der Waals surface area contributed by atoms with E-state index in [1.54, 1.807) is 0 Å². The second-order valence-corrected chi connectivity index (χ2v) is 9.85. The monoisotopic (exact) mass is 501 g/mol. The zero-order valence-electron chi connectivity index (χ0n) is 20.8. The zero-order chi connectivity index (χ0) is 25.3. The van der Waals surface area contributed by atoms with Crippen LogP contribution in [0.3, 0.4) is 0 Å². The highest BCUT2D eigenvalue weighted by atomic mass is 32.1. The van der Waals surface area contributed by atoms with Crippen LogP contribution in [-0.2, 0) is 6.42 Å². The molecule has 1 saturated heterocycles. The number of aryl methyl sites for hydroxylation is 1. The summed E-state index contributed by atoms with van der Waals surface area (Å²) in [6.45, 7) is 7.18. The molecule has 2 bridgehead atoms. The van der Waals surface area contributed by atoms with E-state index in [2.05, 4.69) is 47.9 Å². The number of ether oxygens (including phenoxy) is 2. The Bertz CT molecular complexity index is 1290. The molecule has 3 aromatic rings. The molecule has 2 aliphatic heterocycles. The normalized spacial score (nSPS) is 20.1. The van der Waals surface area contributed by atoms with Crippen LogP contribution in [0, 0.1) is 6.92 Å². The highest BCUT2D eigenvalue weighted by Gasteiger charge is 2.49. The topological polar surface area (TPSA) is 62.8 Å². The fraction of sp³-hybridized carbons (Fsp3) is 0.310. The molecule has 1 unspecified atom stereocenters. The third kappa shape index (κ3) is 4.63. The minimum Gasteiger partial charge on any atom is -0.490 e. The Kier molecular flexibility index (Phi) is 6.58. The Morgan fingerprint density at radius 3 is 2.75 bits per heavy atom. The minimum absolute atomic E-state index is 0.0242. The van der Waals surface area contributed by atoms with Crippen molar-refractivity contribution in [2.75, 3.05) is 18.1 Å². The summed E-state index contributed by atoms with van der Waals surface area (Å²) in [5, 5.41) is 7.08. The average molecular weight is 502 g/mol. The van der Waals surface area contributed by atoms with Crippen LogP contribution in [0.25, 0.3) is 0 Å². The van der Waals surface area contributed by atoms with Gasteiger partial charge in [-0.2, -0.15) is 0 Å². The molecule has 0 radical (unpaired) electrons. The molecule has 1 amide bonds. The molecular weight excluding hydrogens is 470 g/mol. The van der Waals surface area contributed by atoms with Crippen molar-refractivity contribution in [2.45, 2.75) is 45.4 Å². The number of hydrogen-bond acceptors (Lipinski definition) is 4. The van der Waals surface area contributed by atoms with Crippen LogP contribution in [0.2, 0.25) is 0 Å². The standard InChI is InChI=1S/C29H31N3O3S/c1-4-34-25-10-6-9-23-24-18-29(3,35-26(23)25)32(28(36)31-24)22-8-5-7-21(17-22)27(33)30-16-15-20-13-11-19(2)12-14-20/h5-14,17,24H,4,15-16,18H2,1-3H3,(H,30,33)(H,31,36)/t24?,29-/m1/s1. The molecule has 3 aromatic carbocycles. The molecule has 2 N–H and O–H groups in total. The van der Waals surface area contributed by atoms with Crippen molar-refractivity contribution in [3.63, 3.8) is 0 Å². The Morgan fingerprint density at radius 2 is 1.97 bits per heavy atom. The minimum atomic E-state index is -0.728. The van der Waals surface area contributed by atoms with Crippen LogP contribution in [0.4, 0.5) is 5.69 Å². The van der Waals surface area contributed by atoms with E-state index >= 15 is 0 Å². The predicted octanol–water partition coefficient (Wildman–Crippen LogP) is 5.30. The smallest absolute Gasteiger partial charge is 0.251 e. The van der Waals surface area contributed by atoms with Gasteiger partial charge in [0.2, 0.25) is 0 Å². The van der Waals surface area contributed by atoms with Crippen LogP contribution >= 0.6 is 12.2 Å². The number of nitrogens with zero attached hydrogens (tertiary/aromatic N) is 1. The lowest BCUT2D eigenvalue weighted by atomic mass is 9.90. The Morgan fingerprint density at radius 1 is 1.19 bits per heavy atom. The van der Waals surface area contributed by atoms with Gasteiger partial charge in [-0.15, -0.1) is 0 Å². The van der Waals surface area contributed by atoms with Crippen LogP contribution < -0.4 is 25.0 Å². The first-order valence-corrected chi connectivity index (χ1v) is 12.8. The maximum atomic E-state index is 13.0. The number of carbonyl (C=O) groups excluding carboxylic acids is 1. The maximum absolute atomic E-state index is 13.0. The fourth-order valence-electron chi connectivity index (χ4n) is 4.98. The van der Waals surface area contributed by atoms with E-state index in [1.807, 2.05) is 55.1 Å². The number of rotatable bonds is 7. The molecule has 6 nitrogen and oxygen atoms in total. The van der Waals surface area contributed by atoms with Gasteiger partial charge >= 0.3 is 0 Å². The van der Waals surface area contributed by atoms with Crippen molar-refractivity contribution in [1.82, 2.24) is 10.6 Å². The van der Waals surface area contributed by atoms with E-state index in [4.69, 9.17) is 21.7 Å². The molecule has 36 heavy (non-hydrogen) atoms. The Balaban J connectivity index is 1.35. The van der Waals surface area contributed by atoms with Gasteiger partial charge in [0, 0.05) is 29.8 Å². The third-order valence-electron chi connectivity index (χ3n) is 6.75. The highest BCUT2D eigenvalue weighted by Crippen LogP contribution is 2.49. The van der Waals surface area contributed by atoms with Crippen LogP contribution in [0.1, 0.15) is 53.4 Å². The number of hydrogen-bond donors (Lipinski definition) is 2. The summed E-state index contributed by atoms with van der Waals surface area (Å²) in [4.78, 5) is 14.9. The van der Waals surface area contributed by atoms with Crippen LogP contribution in [0.15, 0.2) is 66.7 Å². The van der Waals surface area contributed by atoms with Gasteiger partial charge in [-0.05, 0) is 69.2 Å². The largest absolute Gasteiger partial charge is 0.490 e. The van der Waals surface area contributed by atoms with Crippen molar-refractivity contribution >= 4 is 28.9 Å². The van der Waals surface area contributed by atoms with E-state index < -0.39 is 5.72 Å². The van der Waals surface area contributed by atoms with E-state index in [-0.39, 0.29) is 11.9 Å². The maximum Gasteiger partial charge on any atom is 0.251 e. The van der Waals surface area contributed by atoms with Gasteiger partial charge in [0.1, 0.15) is 0 Å². The highest BCUT2D eigenvalue weighted by molar-refractivity contribution is 7.80. The molecule has 2 atom stereocenters. The predicted molar refractivity (Wildman–Crippen MR) is 146 cm³/mol. The molecule has 186 valence electrons. The summed E-state index contributed by atoms with van der Waals surface area (Å²) >= 11 is 5.79. The van der Waals surface area contributed by atoms with Gasteiger partial charge in [0.05, 0.1) is 12.6 Å². The lowest BCUT2D eigenvalue weighted by Gasteiger charge is -2.52. The summed E-state index contributed by atoms with van der Waals surface area (Å²) < 4.78 is 12.5. The van der Waals surface area contributed by atoms with Crippen molar-refractivity contribution in [3.05, 3.63) is 89.0 Å². The second-order valence-electron chi connectivity index (χ2n) is 9.47. The van der Waals surface area contributed by atoms with Gasteiger partial charge in [-0.1, -0.05) is 48.0 Å². The van der Waals surface area contributed by atoms with Crippen LogP contribution in [0.5, 0.6) is 11.5 Å². The molecule has 0 spiro atoms. The van der Waals surface area contributed by atoms with Gasteiger partial charge < -0.3 is 20.1 Å². The number of anilines is 1. The lowest BCUT2D eigenvalue weighted by molar-refractivity contribution is 0.0456. The third-order valence-corrected chi connectivity index (χ3v) is 7.05. The average Bonchev–Trinajstić information content (AvgIpc) is 2.85. The number of para-hydroxylation sites is 1. The molecule has 0 aromatic heterocycles. The first-order chi connectivity index (χ1) is 17.4. The molecular formula is C29H31N3O3S. The summed E-state index contributed by atoms with van der Waals surface area (Å²) in [5.74, 6) is 1.35. The van der Waals surface area contributed by atoms with Crippen molar-refractivity contribution in [1.29, 1.82) is 0 Å². The number of amides is 1. The summed E-state index contributed by atoms with van der Waals surface area (Å²) in [6, 6.07) is 21.9. The molecule has 7 heteroatoms. The summed E-state index contributed by atoms with van der Waals surface area (Å²) in [7, 11) is 0. The van der Waals surface area contributed by atoms with Crippen LogP contribution in [-0.4, -0.2) is 29.9 Å². The second kappa shape index (κ2) is 9.82. The van der Waals surface area contributed by atoms with Crippen molar-refractivity contribution in [2.24, 2.45) is 0 Å². The lowest BCUT2D eigenvalue weighted by Crippen LogP contribution is -2.65. The van der Waals surface area contributed by atoms with Crippen molar-refractivity contribution < 1.29 is 14.3 Å². The molecule has 5 rings (SSSR count). The molecule has 0 aliphatic carbocycles.